The van der Waals surface area contributed by atoms with E-state index in [-0.39, 0.29) is 11.3 Å². The molecular formula is C18H12BrN3O3. The number of furan rings is 1. The number of aromatic nitrogens is 2. The zero-order valence-corrected chi connectivity index (χ0v) is 14.7. The second-order valence-electron chi connectivity index (χ2n) is 5.57. The number of benzene rings is 2. The van der Waals surface area contributed by atoms with E-state index in [9.17, 15) is 9.59 Å². The smallest absolute Gasteiger partial charge is 0.306 e. The van der Waals surface area contributed by atoms with E-state index in [2.05, 4.69) is 26.3 Å². The van der Waals surface area contributed by atoms with Crippen LogP contribution in [-0.4, -0.2) is 15.6 Å². The first-order valence-corrected chi connectivity index (χ1v) is 8.30. The lowest BCUT2D eigenvalue weighted by Crippen LogP contribution is -2.33. The van der Waals surface area contributed by atoms with Crippen molar-refractivity contribution in [1.29, 1.82) is 0 Å². The molecule has 2 heterocycles. The average Bonchev–Trinajstić information content (AvgIpc) is 2.94. The average molecular weight is 398 g/mol. The fourth-order valence-electron chi connectivity index (χ4n) is 2.72. The molecule has 0 bridgehead atoms. The van der Waals surface area contributed by atoms with E-state index < -0.39 is 5.91 Å². The lowest BCUT2D eigenvalue weighted by Gasteiger charge is -2.07. The molecule has 0 spiro atoms. The molecule has 7 heteroatoms. The molecule has 25 heavy (non-hydrogen) atoms. The number of aryl methyl sites for hydroxylation is 1. The van der Waals surface area contributed by atoms with Crippen LogP contribution in [0.4, 0.5) is 0 Å². The first-order chi connectivity index (χ1) is 12.0. The van der Waals surface area contributed by atoms with E-state index in [0.29, 0.717) is 22.0 Å². The van der Waals surface area contributed by atoms with Crippen LogP contribution in [0.3, 0.4) is 0 Å². The highest BCUT2D eigenvalue weighted by molar-refractivity contribution is 9.10. The van der Waals surface area contributed by atoms with E-state index in [4.69, 9.17) is 4.42 Å². The summed E-state index contributed by atoms with van der Waals surface area (Å²) >= 11 is 3.40. The van der Waals surface area contributed by atoms with Gasteiger partial charge in [0.2, 0.25) is 0 Å². The Morgan fingerprint density at radius 2 is 2.00 bits per heavy atom. The molecule has 124 valence electrons. The number of amides is 1. The van der Waals surface area contributed by atoms with Gasteiger partial charge in [-0.25, -0.2) is 9.66 Å². The molecule has 0 unspecified atom stereocenters. The molecule has 0 radical (unpaired) electrons. The van der Waals surface area contributed by atoms with Gasteiger partial charge < -0.3 is 4.42 Å². The minimum absolute atomic E-state index is 0.160. The highest BCUT2D eigenvalue weighted by atomic mass is 79.9. The number of carbonyl (C=O) groups excluding carboxylic acids is 1. The molecule has 2 aromatic heterocycles. The number of hydrogen-bond acceptors (Lipinski definition) is 4. The van der Waals surface area contributed by atoms with Crippen molar-refractivity contribution < 1.29 is 9.21 Å². The van der Waals surface area contributed by atoms with Gasteiger partial charge in [0.15, 0.2) is 5.76 Å². The van der Waals surface area contributed by atoms with Gasteiger partial charge in [0.25, 0.3) is 5.56 Å². The molecule has 1 N–H and O–H groups in total. The number of fused-ring (bicyclic) bond motifs is 2. The van der Waals surface area contributed by atoms with Crippen LogP contribution in [0, 0.1) is 6.92 Å². The van der Waals surface area contributed by atoms with Crippen molar-refractivity contribution in [3.63, 3.8) is 0 Å². The lowest BCUT2D eigenvalue weighted by molar-refractivity contribution is 0.0982. The molecule has 0 aliphatic heterocycles. The van der Waals surface area contributed by atoms with Crippen molar-refractivity contribution in [2.75, 3.05) is 5.43 Å². The van der Waals surface area contributed by atoms with Gasteiger partial charge in [-0.1, -0.05) is 28.1 Å². The number of nitrogens with zero attached hydrogens (tertiary/aromatic N) is 2. The van der Waals surface area contributed by atoms with Crippen LogP contribution in [-0.2, 0) is 0 Å². The van der Waals surface area contributed by atoms with E-state index in [1.165, 1.54) is 6.33 Å². The molecule has 0 atom stereocenters. The number of rotatable bonds is 2. The summed E-state index contributed by atoms with van der Waals surface area (Å²) in [7, 11) is 0. The summed E-state index contributed by atoms with van der Waals surface area (Å²) in [4.78, 5) is 29.2. The van der Waals surface area contributed by atoms with Crippen LogP contribution in [0.15, 0.2) is 62.5 Å². The second-order valence-corrected chi connectivity index (χ2v) is 6.49. The highest BCUT2D eigenvalue weighted by Gasteiger charge is 2.18. The summed E-state index contributed by atoms with van der Waals surface area (Å²) in [6.45, 7) is 1.80. The Morgan fingerprint density at radius 3 is 2.84 bits per heavy atom. The van der Waals surface area contributed by atoms with Crippen LogP contribution < -0.4 is 11.0 Å². The van der Waals surface area contributed by atoms with Crippen molar-refractivity contribution in [2.45, 2.75) is 6.92 Å². The van der Waals surface area contributed by atoms with E-state index in [0.717, 1.165) is 14.5 Å². The molecule has 4 aromatic rings. The van der Waals surface area contributed by atoms with Crippen molar-refractivity contribution in [3.8, 4) is 0 Å². The Balaban J connectivity index is 1.74. The largest absolute Gasteiger partial charge is 0.451 e. The third-order valence-corrected chi connectivity index (χ3v) is 4.49. The Kier molecular flexibility index (Phi) is 3.65. The fourth-order valence-corrected chi connectivity index (χ4v) is 3.08. The SMILES string of the molecule is Cc1c(C(=O)Nn2cnc3ccccc3c2=O)oc2ccc(Br)cc12. The van der Waals surface area contributed by atoms with E-state index in [1.54, 1.807) is 37.3 Å². The number of nitrogens with one attached hydrogen (secondary N) is 1. The number of halogens is 1. The van der Waals surface area contributed by atoms with Crippen molar-refractivity contribution >= 4 is 43.7 Å². The summed E-state index contributed by atoms with van der Waals surface area (Å²) in [5, 5.41) is 1.26. The van der Waals surface area contributed by atoms with Crippen molar-refractivity contribution in [3.05, 3.63) is 74.9 Å². The van der Waals surface area contributed by atoms with Gasteiger partial charge in [-0.3, -0.25) is 15.0 Å². The topological polar surface area (TPSA) is 77.1 Å². The van der Waals surface area contributed by atoms with Gasteiger partial charge in [-0.05, 0) is 37.3 Å². The summed E-state index contributed by atoms with van der Waals surface area (Å²) in [5.74, 6) is -0.350. The molecule has 0 aliphatic carbocycles. The second kappa shape index (κ2) is 5.86. The molecule has 0 fully saturated rings. The Morgan fingerprint density at radius 1 is 1.20 bits per heavy atom. The maximum absolute atomic E-state index is 12.6. The molecule has 2 aromatic carbocycles. The summed E-state index contributed by atoms with van der Waals surface area (Å²) in [6.07, 6.45) is 1.29. The van der Waals surface area contributed by atoms with Crippen LogP contribution in [0.1, 0.15) is 16.1 Å². The van der Waals surface area contributed by atoms with Crippen LogP contribution >= 0.6 is 15.9 Å². The fraction of sp³-hybridized carbons (Fsp3) is 0.0556. The number of para-hydroxylation sites is 1. The van der Waals surface area contributed by atoms with Gasteiger partial charge >= 0.3 is 5.91 Å². The molecule has 1 amide bonds. The monoisotopic (exact) mass is 397 g/mol. The van der Waals surface area contributed by atoms with Crippen LogP contribution in [0.2, 0.25) is 0 Å². The van der Waals surface area contributed by atoms with Gasteiger partial charge in [-0.15, -0.1) is 0 Å². The van der Waals surface area contributed by atoms with Crippen LogP contribution in [0.5, 0.6) is 0 Å². The standard InChI is InChI=1S/C18H12BrN3O3/c1-10-13-8-11(19)6-7-15(13)25-16(10)17(23)21-22-9-20-14-5-3-2-4-12(14)18(22)24/h2-9H,1H3,(H,21,23). The van der Waals surface area contributed by atoms with Gasteiger partial charge in [0.1, 0.15) is 11.9 Å². The predicted molar refractivity (Wildman–Crippen MR) is 98.3 cm³/mol. The molecule has 0 aliphatic rings. The third kappa shape index (κ3) is 2.62. The summed E-state index contributed by atoms with van der Waals surface area (Å²) in [6, 6.07) is 12.5. The van der Waals surface area contributed by atoms with Crippen LogP contribution in [0.25, 0.3) is 21.9 Å². The Bertz CT molecular complexity index is 1190. The highest BCUT2D eigenvalue weighted by Crippen LogP contribution is 2.28. The first-order valence-electron chi connectivity index (χ1n) is 7.51. The molecule has 0 saturated carbocycles. The van der Waals surface area contributed by atoms with Gasteiger partial charge in [-0.2, -0.15) is 0 Å². The lowest BCUT2D eigenvalue weighted by atomic mass is 10.1. The van der Waals surface area contributed by atoms with E-state index in [1.807, 2.05) is 12.1 Å². The van der Waals surface area contributed by atoms with Crippen molar-refractivity contribution in [1.82, 2.24) is 9.66 Å². The molecule has 6 nitrogen and oxygen atoms in total. The minimum Gasteiger partial charge on any atom is -0.451 e. The quantitative estimate of drug-likeness (QED) is 0.560. The van der Waals surface area contributed by atoms with Gasteiger partial charge in [0, 0.05) is 15.4 Å². The summed E-state index contributed by atoms with van der Waals surface area (Å²) < 4.78 is 7.60. The minimum atomic E-state index is -0.510. The normalized spacial score (nSPS) is 11.1. The Labute approximate surface area is 150 Å². The van der Waals surface area contributed by atoms with E-state index >= 15 is 0 Å². The zero-order valence-electron chi connectivity index (χ0n) is 13.1. The maximum atomic E-state index is 12.6. The molecule has 0 saturated heterocycles. The first kappa shape index (κ1) is 15.6. The molecule has 4 rings (SSSR count). The third-order valence-electron chi connectivity index (χ3n) is 3.99. The summed E-state index contributed by atoms with van der Waals surface area (Å²) in [5.41, 5.74) is 4.06. The zero-order chi connectivity index (χ0) is 17.6. The predicted octanol–water partition coefficient (Wildman–Crippen LogP) is 3.60. The Hall–Kier alpha value is -2.93. The molecular weight excluding hydrogens is 386 g/mol. The number of carbonyl (C=O) groups is 1. The van der Waals surface area contributed by atoms with Crippen molar-refractivity contribution in [2.24, 2.45) is 0 Å². The maximum Gasteiger partial charge on any atom is 0.306 e. The number of hydrogen-bond donors (Lipinski definition) is 1. The van der Waals surface area contributed by atoms with Gasteiger partial charge in [0.05, 0.1) is 10.9 Å².